The molecule has 4 nitrogen and oxygen atoms in total. The monoisotopic (exact) mass is 440 g/mol. The van der Waals surface area contributed by atoms with Crippen LogP contribution in [0.5, 0.6) is 0 Å². The van der Waals surface area contributed by atoms with Gasteiger partial charge in [-0.3, -0.25) is 9.59 Å². The second-order valence-electron chi connectivity index (χ2n) is 9.21. The fourth-order valence-corrected chi connectivity index (χ4v) is 4.07. The third-order valence-electron chi connectivity index (χ3n) is 6.15. The number of ether oxygens (including phenoxy) is 1. The van der Waals surface area contributed by atoms with Crippen molar-refractivity contribution in [2.45, 2.75) is 161 Å². The SMILES string of the molecule is CCCCCCCCCCCCCCCCCCCC(=O)OC(CC)CCCC(=O)O. The number of hydrogen-bond acceptors (Lipinski definition) is 3. The average molecular weight is 441 g/mol. The lowest BCUT2D eigenvalue weighted by Gasteiger charge is -2.15. The highest BCUT2D eigenvalue weighted by atomic mass is 16.5. The summed E-state index contributed by atoms with van der Waals surface area (Å²) in [6, 6.07) is 0. The molecule has 1 unspecified atom stereocenters. The van der Waals surface area contributed by atoms with Gasteiger partial charge in [-0.15, -0.1) is 0 Å². The van der Waals surface area contributed by atoms with Gasteiger partial charge in [0, 0.05) is 12.8 Å². The van der Waals surface area contributed by atoms with Crippen molar-refractivity contribution in [1.82, 2.24) is 0 Å². The number of carboxylic acids is 1. The molecule has 0 radical (unpaired) electrons. The number of esters is 1. The van der Waals surface area contributed by atoms with Crippen LogP contribution in [0.4, 0.5) is 0 Å². The number of hydrogen-bond donors (Lipinski definition) is 1. The third kappa shape index (κ3) is 23.4. The predicted molar refractivity (Wildman–Crippen MR) is 130 cm³/mol. The summed E-state index contributed by atoms with van der Waals surface area (Å²) in [6.07, 6.45) is 25.2. The highest BCUT2D eigenvalue weighted by Crippen LogP contribution is 2.15. The predicted octanol–water partition coefficient (Wildman–Crippen LogP) is 8.60. The topological polar surface area (TPSA) is 63.6 Å². The van der Waals surface area contributed by atoms with E-state index < -0.39 is 5.97 Å². The van der Waals surface area contributed by atoms with Gasteiger partial charge in [-0.05, 0) is 25.7 Å². The van der Waals surface area contributed by atoms with Crippen molar-refractivity contribution in [3.63, 3.8) is 0 Å². The number of aliphatic carboxylic acids is 1. The molecule has 0 aromatic rings. The summed E-state index contributed by atoms with van der Waals surface area (Å²) in [5.41, 5.74) is 0. The summed E-state index contributed by atoms with van der Waals surface area (Å²) >= 11 is 0. The number of unbranched alkanes of at least 4 members (excludes halogenated alkanes) is 16. The van der Waals surface area contributed by atoms with Crippen LogP contribution in [-0.4, -0.2) is 23.1 Å². The van der Waals surface area contributed by atoms with Gasteiger partial charge in [-0.25, -0.2) is 0 Å². The van der Waals surface area contributed by atoms with Crippen molar-refractivity contribution in [3.8, 4) is 0 Å². The first-order chi connectivity index (χ1) is 15.1. The molecule has 0 aliphatic rings. The molecular weight excluding hydrogens is 388 g/mol. The molecule has 0 heterocycles. The summed E-state index contributed by atoms with van der Waals surface area (Å²) in [4.78, 5) is 22.5. The van der Waals surface area contributed by atoms with E-state index in [0.717, 1.165) is 19.3 Å². The van der Waals surface area contributed by atoms with Gasteiger partial charge in [0.05, 0.1) is 0 Å². The van der Waals surface area contributed by atoms with Gasteiger partial charge in [0.2, 0.25) is 0 Å². The molecule has 0 saturated heterocycles. The summed E-state index contributed by atoms with van der Waals surface area (Å²) in [5.74, 6) is -0.909. The van der Waals surface area contributed by atoms with Crippen molar-refractivity contribution in [2.24, 2.45) is 0 Å². The second-order valence-corrected chi connectivity index (χ2v) is 9.21. The van der Waals surface area contributed by atoms with Gasteiger partial charge in [0.15, 0.2) is 0 Å². The van der Waals surface area contributed by atoms with Crippen LogP contribution in [0.2, 0.25) is 0 Å². The molecular formula is C27H52O4. The van der Waals surface area contributed by atoms with E-state index in [-0.39, 0.29) is 18.5 Å². The first kappa shape index (κ1) is 29.9. The third-order valence-corrected chi connectivity index (χ3v) is 6.15. The quantitative estimate of drug-likeness (QED) is 0.120. The zero-order valence-corrected chi connectivity index (χ0v) is 20.8. The van der Waals surface area contributed by atoms with Crippen LogP contribution in [-0.2, 0) is 14.3 Å². The average Bonchev–Trinajstić information content (AvgIpc) is 2.75. The van der Waals surface area contributed by atoms with Gasteiger partial charge in [0.25, 0.3) is 0 Å². The molecule has 0 spiro atoms. The molecule has 0 aromatic heterocycles. The van der Waals surface area contributed by atoms with Crippen LogP contribution >= 0.6 is 0 Å². The molecule has 0 fully saturated rings. The fraction of sp³-hybridized carbons (Fsp3) is 0.926. The molecule has 0 aromatic carbocycles. The first-order valence-corrected chi connectivity index (χ1v) is 13.5. The zero-order valence-electron chi connectivity index (χ0n) is 20.8. The van der Waals surface area contributed by atoms with Crippen LogP contribution in [0.3, 0.4) is 0 Å². The number of carbonyl (C=O) groups is 2. The molecule has 0 amide bonds. The summed E-state index contributed by atoms with van der Waals surface area (Å²) in [7, 11) is 0. The minimum Gasteiger partial charge on any atom is -0.481 e. The normalized spacial score (nSPS) is 12.1. The van der Waals surface area contributed by atoms with Crippen LogP contribution in [0.1, 0.15) is 155 Å². The van der Waals surface area contributed by atoms with E-state index in [1.165, 1.54) is 96.3 Å². The van der Waals surface area contributed by atoms with E-state index >= 15 is 0 Å². The molecule has 31 heavy (non-hydrogen) atoms. The van der Waals surface area contributed by atoms with Gasteiger partial charge in [-0.1, -0.05) is 117 Å². The van der Waals surface area contributed by atoms with Gasteiger partial charge < -0.3 is 9.84 Å². The Balaban J connectivity index is 3.33. The van der Waals surface area contributed by atoms with Gasteiger partial charge >= 0.3 is 11.9 Å². The zero-order chi connectivity index (χ0) is 23.0. The van der Waals surface area contributed by atoms with Crippen molar-refractivity contribution in [1.29, 1.82) is 0 Å². The maximum atomic E-state index is 11.9. The standard InChI is InChI=1S/C27H52O4/c1-3-5-6-7-8-9-10-11-12-13-14-15-16-17-18-19-20-24-27(30)31-25(4-2)22-21-23-26(28)29/h25H,3-24H2,1-2H3,(H,28,29). The van der Waals surface area contributed by atoms with Gasteiger partial charge in [-0.2, -0.15) is 0 Å². The maximum absolute atomic E-state index is 11.9. The van der Waals surface area contributed by atoms with Crippen molar-refractivity contribution in [2.75, 3.05) is 0 Å². The lowest BCUT2D eigenvalue weighted by Crippen LogP contribution is -2.17. The van der Waals surface area contributed by atoms with Crippen molar-refractivity contribution >= 4 is 11.9 Å². The van der Waals surface area contributed by atoms with E-state index in [1.54, 1.807) is 0 Å². The van der Waals surface area contributed by atoms with Gasteiger partial charge in [0.1, 0.15) is 6.10 Å². The molecule has 0 bridgehead atoms. The lowest BCUT2D eigenvalue weighted by atomic mass is 10.0. The second kappa shape index (κ2) is 23.6. The summed E-state index contributed by atoms with van der Waals surface area (Å²) in [5, 5.41) is 8.69. The van der Waals surface area contributed by atoms with Crippen LogP contribution in [0.15, 0.2) is 0 Å². The Morgan fingerprint density at radius 1 is 0.613 bits per heavy atom. The molecule has 0 aliphatic carbocycles. The van der Waals surface area contributed by atoms with Crippen molar-refractivity contribution in [3.05, 3.63) is 0 Å². The first-order valence-electron chi connectivity index (χ1n) is 13.5. The Morgan fingerprint density at radius 3 is 1.42 bits per heavy atom. The molecule has 1 atom stereocenters. The maximum Gasteiger partial charge on any atom is 0.306 e. The minimum atomic E-state index is -0.787. The van der Waals surface area contributed by atoms with E-state index in [4.69, 9.17) is 9.84 Å². The highest BCUT2D eigenvalue weighted by Gasteiger charge is 2.12. The van der Waals surface area contributed by atoms with E-state index in [2.05, 4.69) is 6.92 Å². The summed E-state index contributed by atoms with van der Waals surface area (Å²) in [6.45, 7) is 4.26. The van der Waals surface area contributed by atoms with E-state index in [0.29, 0.717) is 19.3 Å². The van der Waals surface area contributed by atoms with E-state index in [9.17, 15) is 9.59 Å². The van der Waals surface area contributed by atoms with Crippen LogP contribution in [0.25, 0.3) is 0 Å². The Labute approximate surface area is 192 Å². The molecule has 184 valence electrons. The Bertz CT molecular complexity index is 408. The van der Waals surface area contributed by atoms with E-state index in [1.807, 2.05) is 6.92 Å². The number of rotatable bonds is 24. The Hall–Kier alpha value is -1.06. The van der Waals surface area contributed by atoms with Crippen LogP contribution in [0, 0.1) is 0 Å². The largest absolute Gasteiger partial charge is 0.481 e. The summed E-state index contributed by atoms with van der Waals surface area (Å²) < 4.78 is 5.48. The number of carbonyl (C=O) groups excluding carboxylic acids is 1. The lowest BCUT2D eigenvalue weighted by molar-refractivity contribution is -0.149. The molecule has 1 N–H and O–H groups in total. The molecule has 0 aliphatic heterocycles. The number of carboxylic acid groups (broad SMARTS) is 1. The smallest absolute Gasteiger partial charge is 0.306 e. The Kier molecular flexibility index (Phi) is 22.8. The van der Waals surface area contributed by atoms with Crippen LogP contribution < -0.4 is 0 Å². The molecule has 0 saturated carbocycles. The Morgan fingerprint density at radius 2 is 1.03 bits per heavy atom. The highest BCUT2D eigenvalue weighted by molar-refractivity contribution is 5.69. The molecule has 0 rings (SSSR count). The fourth-order valence-electron chi connectivity index (χ4n) is 4.07. The van der Waals surface area contributed by atoms with Crippen molar-refractivity contribution < 1.29 is 19.4 Å². The molecule has 4 heteroatoms. The minimum absolute atomic E-state index is 0.122.